The molecule has 3 fully saturated rings. The van der Waals surface area contributed by atoms with Crippen LogP contribution in [0.1, 0.15) is 66.2 Å². The van der Waals surface area contributed by atoms with Gasteiger partial charge in [0.1, 0.15) is 12.4 Å². The van der Waals surface area contributed by atoms with Crippen LogP contribution in [0.3, 0.4) is 0 Å². The summed E-state index contributed by atoms with van der Waals surface area (Å²) in [4.78, 5) is 12.9. The summed E-state index contributed by atoms with van der Waals surface area (Å²) >= 11 is 0. The van der Waals surface area contributed by atoms with Crippen LogP contribution in [0.2, 0.25) is 0 Å². The van der Waals surface area contributed by atoms with Gasteiger partial charge in [-0.3, -0.25) is 4.79 Å². The highest BCUT2D eigenvalue weighted by atomic mass is 32.2. The van der Waals surface area contributed by atoms with Crippen LogP contribution in [0.4, 0.5) is 0 Å². The minimum atomic E-state index is -3.40. The van der Waals surface area contributed by atoms with Crippen molar-refractivity contribution < 1.29 is 17.9 Å². The molecule has 3 aliphatic carbocycles. The number of carbonyl (C=O) groups is 1. The van der Waals surface area contributed by atoms with E-state index in [0.717, 1.165) is 44.1 Å². The zero-order valence-electron chi connectivity index (χ0n) is 19.9. The lowest BCUT2D eigenvalue weighted by Crippen LogP contribution is -2.59. The monoisotopic (exact) mass is 462 g/mol. The van der Waals surface area contributed by atoms with E-state index < -0.39 is 15.3 Å². The largest absolute Gasteiger partial charge is 0.489 e. The fourth-order valence-corrected chi connectivity index (χ4v) is 6.72. The Bertz CT molecular complexity index is 934. The summed E-state index contributed by atoms with van der Waals surface area (Å²) in [6, 6.07) is 6.70. The smallest absolute Gasteiger partial charge is 0.225 e. The summed E-state index contributed by atoms with van der Waals surface area (Å²) in [5.74, 6) is 0.874. The van der Waals surface area contributed by atoms with Gasteiger partial charge in [-0.1, -0.05) is 26.8 Å². The van der Waals surface area contributed by atoms with Gasteiger partial charge in [0, 0.05) is 17.5 Å². The van der Waals surface area contributed by atoms with Crippen molar-refractivity contribution in [1.29, 1.82) is 0 Å². The van der Waals surface area contributed by atoms with Crippen LogP contribution >= 0.6 is 0 Å². The van der Waals surface area contributed by atoms with Crippen LogP contribution in [-0.2, 0) is 14.6 Å². The second-order valence-corrected chi connectivity index (χ2v) is 12.6. The molecular weight excluding hydrogens is 424 g/mol. The number of benzene rings is 1. The number of hydrogen-bond acceptors (Lipinski definition) is 5. The van der Waals surface area contributed by atoms with Crippen molar-refractivity contribution in [3.05, 3.63) is 35.9 Å². The normalized spacial score (nSPS) is 26.1. The maximum atomic E-state index is 13.2. The Balaban J connectivity index is 1.62. The number of rotatable bonds is 8. The Hall–Kier alpha value is -1.86. The topological polar surface area (TPSA) is 98.5 Å². The molecule has 0 saturated heterocycles. The number of carbonyl (C=O) groups excluding carboxylic acids is 1. The second kappa shape index (κ2) is 9.18. The molecular formula is C25H38N2O4S. The van der Waals surface area contributed by atoms with E-state index in [9.17, 15) is 13.2 Å². The van der Waals surface area contributed by atoms with Gasteiger partial charge in [-0.05, 0) is 80.7 Å². The van der Waals surface area contributed by atoms with Crippen molar-refractivity contribution in [2.45, 2.75) is 76.7 Å². The number of nitrogens with two attached hydrogens (primary N) is 1. The first-order valence-electron chi connectivity index (χ1n) is 11.6. The highest BCUT2D eigenvalue weighted by molar-refractivity contribution is 7.91. The van der Waals surface area contributed by atoms with Gasteiger partial charge < -0.3 is 15.8 Å². The van der Waals surface area contributed by atoms with Gasteiger partial charge in [0.2, 0.25) is 5.91 Å². The molecule has 32 heavy (non-hydrogen) atoms. The molecule has 178 valence electrons. The second-order valence-electron chi connectivity index (χ2n) is 10.7. The minimum Gasteiger partial charge on any atom is -0.489 e. The van der Waals surface area contributed by atoms with Gasteiger partial charge in [0.25, 0.3) is 0 Å². The molecule has 0 atom stereocenters. The van der Waals surface area contributed by atoms with Gasteiger partial charge in [0.15, 0.2) is 9.84 Å². The minimum absolute atomic E-state index is 0.0786. The SMILES string of the molecule is C/C=C(\CN)COc1ccc(S(=O)(=O)CC23CCC(NC(=O)C(C)(C)C)(CC2)CC3)cc1. The van der Waals surface area contributed by atoms with Crippen molar-refractivity contribution in [2.75, 3.05) is 18.9 Å². The number of sulfone groups is 1. The summed E-state index contributed by atoms with van der Waals surface area (Å²) in [5.41, 5.74) is 5.87. The lowest BCUT2D eigenvalue weighted by atomic mass is 9.58. The predicted octanol–water partition coefficient (Wildman–Crippen LogP) is 4.00. The molecule has 2 bridgehead atoms. The molecule has 1 amide bonds. The van der Waals surface area contributed by atoms with Gasteiger partial charge in [-0.2, -0.15) is 0 Å². The van der Waals surface area contributed by atoms with Crippen LogP contribution < -0.4 is 15.8 Å². The van der Waals surface area contributed by atoms with E-state index in [-0.39, 0.29) is 22.6 Å². The Morgan fingerprint density at radius 1 is 1.09 bits per heavy atom. The van der Waals surface area contributed by atoms with Crippen LogP contribution in [0.5, 0.6) is 5.75 Å². The Kier molecular flexibility index (Phi) is 7.11. The molecule has 1 aromatic carbocycles. The van der Waals surface area contributed by atoms with E-state index in [1.165, 1.54) is 0 Å². The first-order valence-corrected chi connectivity index (χ1v) is 13.2. The molecule has 7 heteroatoms. The summed E-state index contributed by atoms with van der Waals surface area (Å²) in [6.07, 6.45) is 6.99. The fourth-order valence-electron chi connectivity index (χ4n) is 4.76. The summed E-state index contributed by atoms with van der Waals surface area (Å²) in [5, 5.41) is 3.29. The fraction of sp³-hybridized carbons (Fsp3) is 0.640. The number of allylic oxidation sites excluding steroid dienone is 1. The maximum Gasteiger partial charge on any atom is 0.225 e. The summed E-state index contributed by atoms with van der Waals surface area (Å²) in [6.45, 7) is 8.53. The van der Waals surface area contributed by atoms with Crippen molar-refractivity contribution in [3.8, 4) is 5.75 Å². The zero-order valence-corrected chi connectivity index (χ0v) is 20.7. The van der Waals surface area contributed by atoms with E-state index in [0.29, 0.717) is 23.8 Å². The highest BCUT2D eigenvalue weighted by Crippen LogP contribution is 2.53. The van der Waals surface area contributed by atoms with E-state index in [4.69, 9.17) is 10.5 Å². The molecule has 0 aliphatic heterocycles. The molecule has 4 rings (SSSR count). The number of nitrogens with one attached hydrogen (secondary N) is 1. The summed E-state index contributed by atoms with van der Waals surface area (Å²) in [7, 11) is -3.40. The van der Waals surface area contributed by atoms with E-state index >= 15 is 0 Å². The average molecular weight is 463 g/mol. The van der Waals surface area contributed by atoms with Gasteiger partial charge in [0.05, 0.1) is 10.6 Å². The van der Waals surface area contributed by atoms with Gasteiger partial charge in [-0.25, -0.2) is 8.42 Å². The van der Waals surface area contributed by atoms with Gasteiger partial charge in [-0.15, -0.1) is 0 Å². The number of ether oxygens (including phenoxy) is 1. The maximum absolute atomic E-state index is 13.2. The van der Waals surface area contributed by atoms with E-state index in [1.54, 1.807) is 24.3 Å². The highest BCUT2D eigenvalue weighted by Gasteiger charge is 2.51. The third-order valence-corrected chi connectivity index (χ3v) is 9.22. The molecule has 0 aromatic heterocycles. The third-order valence-electron chi connectivity index (χ3n) is 7.24. The van der Waals surface area contributed by atoms with E-state index in [2.05, 4.69) is 5.32 Å². The standard InChI is InChI=1S/C25H38N2O4S/c1-5-19(16-26)17-31-20-6-8-21(9-7-20)32(29,30)18-24-10-13-25(14-11-24,15-12-24)27-22(28)23(2,3)4/h5-9H,10-18,26H2,1-4H3,(H,27,28)/b19-5+. The molecule has 3 saturated carbocycles. The zero-order chi connectivity index (χ0) is 23.6. The average Bonchev–Trinajstić information content (AvgIpc) is 2.75. The van der Waals surface area contributed by atoms with Crippen LogP contribution in [-0.4, -0.2) is 38.8 Å². The van der Waals surface area contributed by atoms with Crippen LogP contribution in [0.25, 0.3) is 0 Å². The predicted molar refractivity (Wildman–Crippen MR) is 127 cm³/mol. The van der Waals surface area contributed by atoms with Crippen molar-refractivity contribution in [3.63, 3.8) is 0 Å². The molecule has 6 nitrogen and oxygen atoms in total. The van der Waals surface area contributed by atoms with Crippen LogP contribution in [0, 0.1) is 10.8 Å². The van der Waals surface area contributed by atoms with Crippen molar-refractivity contribution in [2.24, 2.45) is 16.6 Å². The van der Waals surface area contributed by atoms with Gasteiger partial charge >= 0.3 is 0 Å². The third kappa shape index (κ3) is 5.54. The number of amides is 1. The number of fused-ring (bicyclic) bond motifs is 3. The lowest BCUT2D eigenvalue weighted by molar-refractivity contribution is -0.132. The Morgan fingerprint density at radius 3 is 2.12 bits per heavy atom. The van der Waals surface area contributed by atoms with Crippen LogP contribution in [0.15, 0.2) is 40.8 Å². The molecule has 3 aliphatic rings. The van der Waals surface area contributed by atoms with Crippen molar-refractivity contribution >= 4 is 15.7 Å². The molecule has 1 aromatic rings. The molecule has 0 heterocycles. The Morgan fingerprint density at radius 2 is 1.66 bits per heavy atom. The Labute approximate surface area is 192 Å². The molecule has 0 unspecified atom stereocenters. The first kappa shape index (κ1) is 24.8. The molecule has 3 N–H and O–H groups in total. The number of hydrogen-bond donors (Lipinski definition) is 2. The first-order chi connectivity index (χ1) is 14.9. The van der Waals surface area contributed by atoms with E-state index in [1.807, 2.05) is 33.8 Å². The van der Waals surface area contributed by atoms with Crippen molar-refractivity contribution in [1.82, 2.24) is 5.32 Å². The molecule has 0 spiro atoms. The lowest BCUT2D eigenvalue weighted by Gasteiger charge is -2.54. The molecule has 0 radical (unpaired) electrons. The quantitative estimate of drug-likeness (QED) is 0.569. The summed E-state index contributed by atoms with van der Waals surface area (Å²) < 4.78 is 32.1.